The highest BCUT2D eigenvalue weighted by molar-refractivity contribution is 5.75. The molecule has 1 aliphatic rings. The minimum absolute atomic E-state index is 0.113. The van der Waals surface area contributed by atoms with E-state index in [1.54, 1.807) is 7.11 Å². The van der Waals surface area contributed by atoms with Gasteiger partial charge in [0.1, 0.15) is 0 Å². The molecule has 4 N–H and O–H groups in total. The monoisotopic (exact) mass is 461 g/mol. The van der Waals surface area contributed by atoms with E-state index in [0.29, 0.717) is 19.4 Å². The van der Waals surface area contributed by atoms with E-state index in [4.69, 9.17) is 9.47 Å². The number of hydrogen-bond acceptors (Lipinski definition) is 6. The lowest BCUT2D eigenvalue weighted by atomic mass is 9.77. The van der Waals surface area contributed by atoms with Gasteiger partial charge in [0.25, 0.3) is 0 Å². The fourth-order valence-electron chi connectivity index (χ4n) is 3.70. The highest BCUT2D eigenvalue weighted by Gasteiger charge is 2.41. The minimum Gasteiger partial charge on any atom is -0.396 e. The molecule has 1 amide bonds. The zero-order valence-electron chi connectivity index (χ0n) is 21.2. The normalized spacial score (nSPS) is 25.3. The summed E-state index contributed by atoms with van der Waals surface area (Å²) in [4.78, 5) is 11.8. The molecule has 32 heavy (non-hydrogen) atoms. The average molecular weight is 462 g/mol. The Balaban J connectivity index is 0.00000220. The SMILES string of the molecule is CC(C)C.COCCCCCCNC(=O)CCCCCO[C@@H]1CC(CO)[C@H](O)[C@H](O)C1C. The van der Waals surface area contributed by atoms with Crippen LogP contribution in [0.1, 0.15) is 85.5 Å². The zero-order chi connectivity index (χ0) is 24.4. The van der Waals surface area contributed by atoms with Crippen LogP contribution in [0.5, 0.6) is 0 Å². The van der Waals surface area contributed by atoms with Gasteiger partial charge in [0.05, 0.1) is 18.3 Å². The Hall–Kier alpha value is -0.730. The summed E-state index contributed by atoms with van der Waals surface area (Å²) in [6, 6.07) is 0. The van der Waals surface area contributed by atoms with Crippen molar-refractivity contribution >= 4 is 5.91 Å². The van der Waals surface area contributed by atoms with Crippen molar-refractivity contribution in [1.82, 2.24) is 5.32 Å². The molecule has 1 aliphatic carbocycles. The number of aliphatic hydroxyl groups is 3. The second-order valence-electron chi connectivity index (χ2n) is 9.73. The van der Waals surface area contributed by atoms with E-state index in [2.05, 4.69) is 26.1 Å². The molecule has 7 heteroatoms. The number of nitrogens with one attached hydrogen (secondary N) is 1. The van der Waals surface area contributed by atoms with Crippen LogP contribution in [0.3, 0.4) is 0 Å². The molecule has 0 heterocycles. The Bertz CT molecular complexity index is 443. The lowest BCUT2D eigenvalue weighted by Crippen LogP contribution is -2.50. The van der Waals surface area contributed by atoms with Crippen molar-refractivity contribution in [3.63, 3.8) is 0 Å². The number of carbonyl (C=O) groups excluding carboxylic acids is 1. The van der Waals surface area contributed by atoms with Crippen molar-refractivity contribution in [2.24, 2.45) is 17.8 Å². The van der Waals surface area contributed by atoms with Gasteiger partial charge in [-0.3, -0.25) is 4.79 Å². The van der Waals surface area contributed by atoms with Crippen LogP contribution < -0.4 is 5.32 Å². The second kappa shape index (κ2) is 19.7. The van der Waals surface area contributed by atoms with Crippen LogP contribution in [0.25, 0.3) is 0 Å². The van der Waals surface area contributed by atoms with E-state index in [1.807, 2.05) is 6.92 Å². The van der Waals surface area contributed by atoms with Crippen molar-refractivity contribution in [3.8, 4) is 0 Å². The molecule has 0 bridgehead atoms. The van der Waals surface area contributed by atoms with Crippen LogP contribution in [0.2, 0.25) is 0 Å². The van der Waals surface area contributed by atoms with E-state index in [1.165, 1.54) is 0 Å². The molecule has 0 saturated heterocycles. The first-order valence-electron chi connectivity index (χ1n) is 12.6. The topological polar surface area (TPSA) is 108 Å². The van der Waals surface area contributed by atoms with E-state index in [-0.39, 0.29) is 30.5 Å². The van der Waals surface area contributed by atoms with E-state index < -0.39 is 12.2 Å². The molecule has 0 radical (unpaired) electrons. The first-order chi connectivity index (χ1) is 15.2. The zero-order valence-corrected chi connectivity index (χ0v) is 21.2. The fraction of sp³-hybridized carbons (Fsp3) is 0.960. The third kappa shape index (κ3) is 15.2. The summed E-state index contributed by atoms with van der Waals surface area (Å²) < 4.78 is 10.9. The number of amides is 1. The first-order valence-corrected chi connectivity index (χ1v) is 12.6. The highest BCUT2D eigenvalue weighted by atomic mass is 16.5. The minimum atomic E-state index is -0.885. The summed E-state index contributed by atoms with van der Waals surface area (Å²) in [6.45, 7) is 10.3. The van der Waals surface area contributed by atoms with Crippen molar-refractivity contribution in [2.45, 2.75) is 104 Å². The van der Waals surface area contributed by atoms with E-state index in [9.17, 15) is 20.1 Å². The third-order valence-electron chi connectivity index (χ3n) is 5.71. The third-order valence-corrected chi connectivity index (χ3v) is 5.71. The standard InChI is InChI=1S/C21H41NO6.C4H10/c1-16-18(14-17(15-23)21(26)20(16)25)28-13-9-5-6-10-19(24)22-11-7-3-4-8-12-27-2;1-4(2)3/h16-18,20-21,23,25-26H,3-15H2,1-2H3,(H,22,24);4H,1-3H3/t16?,17?,18-,20-,21+;/m1./s1. The van der Waals surface area contributed by atoms with Crippen molar-refractivity contribution in [3.05, 3.63) is 0 Å². The molecule has 0 aromatic carbocycles. The van der Waals surface area contributed by atoms with Gasteiger partial charge < -0.3 is 30.1 Å². The Morgan fingerprint density at radius 3 is 2.19 bits per heavy atom. The number of unbranched alkanes of at least 4 members (excludes halogenated alkanes) is 5. The Morgan fingerprint density at radius 1 is 0.969 bits per heavy atom. The molecule has 1 rings (SSSR count). The lowest BCUT2D eigenvalue weighted by Gasteiger charge is -2.40. The molecule has 0 aromatic rings. The van der Waals surface area contributed by atoms with Gasteiger partial charge >= 0.3 is 0 Å². The summed E-state index contributed by atoms with van der Waals surface area (Å²) in [5.74, 6) is 0.458. The van der Waals surface area contributed by atoms with Crippen LogP contribution in [-0.2, 0) is 14.3 Å². The maximum absolute atomic E-state index is 11.8. The first kappa shape index (κ1) is 31.3. The predicted molar refractivity (Wildman–Crippen MR) is 128 cm³/mol. The quantitative estimate of drug-likeness (QED) is 0.279. The number of methoxy groups -OCH3 is 1. The molecular weight excluding hydrogens is 410 g/mol. The molecule has 1 saturated carbocycles. The maximum atomic E-state index is 11.8. The number of carbonyl (C=O) groups is 1. The maximum Gasteiger partial charge on any atom is 0.219 e. The molecule has 0 aromatic heterocycles. The summed E-state index contributed by atoms with van der Waals surface area (Å²) >= 11 is 0. The van der Waals surface area contributed by atoms with Gasteiger partial charge in [-0.15, -0.1) is 0 Å². The molecule has 2 unspecified atom stereocenters. The molecule has 1 fully saturated rings. The predicted octanol–water partition coefficient (Wildman–Crippen LogP) is 3.29. The van der Waals surface area contributed by atoms with E-state index >= 15 is 0 Å². The summed E-state index contributed by atoms with van der Waals surface area (Å²) in [5.41, 5.74) is 0. The van der Waals surface area contributed by atoms with Crippen molar-refractivity contribution in [1.29, 1.82) is 0 Å². The summed E-state index contributed by atoms with van der Waals surface area (Å²) in [6.07, 6.45) is 6.16. The summed E-state index contributed by atoms with van der Waals surface area (Å²) in [7, 11) is 1.71. The Morgan fingerprint density at radius 2 is 1.56 bits per heavy atom. The average Bonchev–Trinajstić information content (AvgIpc) is 2.74. The fourth-order valence-corrected chi connectivity index (χ4v) is 3.70. The van der Waals surface area contributed by atoms with Crippen LogP contribution in [0.15, 0.2) is 0 Å². The Labute approximate surface area is 196 Å². The van der Waals surface area contributed by atoms with Gasteiger partial charge in [-0.05, 0) is 38.0 Å². The molecule has 7 nitrogen and oxygen atoms in total. The van der Waals surface area contributed by atoms with Gasteiger partial charge in [-0.2, -0.15) is 0 Å². The highest BCUT2D eigenvalue weighted by Crippen LogP contribution is 2.31. The number of ether oxygens (including phenoxy) is 2. The van der Waals surface area contributed by atoms with Crippen molar-refractivity contribution in [2.75, 3.05) is 33.5 Å². The molecule has 192 valence electrons. The smallest absolute Gasteiger partial charge is 0.219 e. The molecular formula is C25H51NO6. The van der Waals surface area contributed by atoms with E-state index in [0.717, 1.165) is 64.0 Å². The van der Waals surface area contributed by atoms with Crippen LogP contribution in [0, 0.1) is 17.8 Å². The second-order valence-corrected chi connectivity index (χ2v) is 9.73. The molecule has 0 aliphatic heterocycles. The van der Waals surface area contributed by atoms with Gasteiger partial charge in [0.15, 0.2) is 0 Å². The van der Waals surface area contributed by atoms with Crippen molar-refractivity contribution < 1.29 is 29.6 Å². The Kier molecular flexibility index (Phi) is 19.3. The van der Waals surface area contributed by atoms with Gasteiger partial charge in [-0.25, -0.2) is 0 Å². The molecule has 0 spiro atoms. The number of hydrogen-bond donors (Lipinski definition) is 4. The van der Waals surface area contributed by atoms with Crippen LogP contribution in [0.4, 0.5) is 0 Å². The number of rotatable bonds is 15. The van der Waals surface area contributed by atoms with Gasteiger partial charge in [0.2, 0.25) is 5.91 Å². The lowest BCUT2D eigenvalue weighted by molar-refractivity contribution is -0.144. The number of aliphatic hydroxyl groups excluding tert-OH is 3. The summed E-state index contributed by atoms with van der Waals surface area (Å²) in [5, 5.41) is 32.3. The van der Waals surface area contributed by atoms with Gasteiger partial charge in [-0.1, -0.05) is 47.0 Å². The largest absolute Gasteiger partial charge is 0.396 e. The van der Waals surface area contributed by atoms with Crippen LogP contribution >= 0.6 is 0 Å². The van der Waals surface area contributed by atoms with Crippen LogP contribution in [-0.4, -0.2) is 73.0 Å². The molecule has 5 atom stereocenters. The van der Waals surface area contributed by atoms with Gasteiger partial charge in [0, 0.05) is 51.7 Å².